The fraction of sp³-hybridized carbons (Fsp3) is 0.467. The maximum atomic E-state index is 12.1. The Bertz CT molecular complexity index is 534. The molecule has 1 N–H and O–H groups in total. The van der Waals surface area contributed by atoms with Crippen LogP contribution in [0.5, 0.6) is 5.75 Å². The molecule has 0 aromatic heterocycles. The van der Waals surface area contributed by atoms with Crippen molar-refractivity contribution < 1.29 is 19.4 Å². The Morgan fingerprint density at radius 1 is 1.43 bits per heavy atom. The maximum Gasteiger partial charge on any atom is 0.308 e. The van der Waals surface area contributed by atoms with Crippen LogP contribution in [0.1, 0.15) is 13.3 Å². The molecule has 2 unspecified atom stereocenters. The second kappa shape index (κ2) is 6.80. The molecule has 1 fully saturated rings. The minimum Gasteiger partial charge on any atom is -0.484 e. The molecule has 6 heteroatoms. The maximum absolute atomic E-state index is 12.1. The van der Waals surface area contributed by atoms with Gasteiger partial charge in [0.05, 0.1) is 5.92 Å². The highest BCUT2D eigenvalue weighted by molar-refractivity contribution is 6.30. The lowest BCUT2D eigenvalue weighted by molar-refractivity contribution is -0.147. The van der Waals surface area contributed by atoms with E-state index in [9.17, 15) is 9.59 Å². The first-order valence-corrected chi connectivity index (χ1v) is 7.22. The van der Waals surface area contributed by atoms with Crippen LogP contribution in [0.15, 0.2) is 24.3 Å². The van der Waals surface area contributed by atoms with Crippen LogP contribution in [-0.2, 0) is 9.59 Å². The number of carboxylic acid groups (broad SMARTS) is 1. The van der Waals surface area contributed by atoms with Gasteiger partial charge < -0.3 is 14.7 Å². The highest BCUT2D eigenvalue weighted by Crippen LogP contribution is 2.22. The van der Waals surface area contributed by atoms with Crippen LogP contribution in [-0.4, -0.2) is 41.6 Å². The highest BCUT2D eigenvalue weighted by Gasteiger charge is 2.31. The van der Waals surface area contributed by atoms with Gasteiger partial charge in [0.25, 0.3) is 5.91 Å². The van der Waals surface area contributed by atoms with Crippen molar-refractivity contribution in [3.05, 3.63) is 29.3 Å². The summed E-state index contributed by atoms with van der Waals surface area (Å²) in [4.78, 5) is 24.8. The number of benzene rings is 1. The molecule has 1 heterocycles. The van der Waals surface area contributed by atoms with Gasteiger partial charge in [-0.15, -0.1) is 0 Å². The molecule has 0 bridgehead atoms. The number of likely N-dealkylation sites (tertiary alicyclic amines) is 1. The summed E-state index contributed by atoms with van der Waals surface area (Å²) in [6, 6.07) is 6.82. The lowest BCUT2D eigenvalue weighted by Gasteiger charge is -2.34. The van der Waals surface area contributed by atoms with Gasteiger partial charge in [-0.2, -0.15) is 0 Å². The monoisotopic (exact) mass is 311 g/mol. The summed E-state index contributed by atoms with van der Waals surface area (Å²) in [5.74, 6) is -0.850. The topological polar surface area (TPSA) is 66.8 Å². The van der Waals surface area contributed by atoms with E-state index in [0.29, 0.717) is 23.7 Å². The second-order valence-corrected chi connectivity index (χ2v) is 5.86. The lowest BCUT2D eigenvalue weighted by Crippen LogP contribution is -2.47. The number of ether oxygens (including phenoxy) is 1. The number of carbonyl (C=O) groups excluding carboxylic acids is 1. The summed E-state index contributed by atoms with van der Waals surface area (Å²) in [5, 5.41) is 9.65. The number of piperidine rings is 1. The number of rotatable bonds is 4. The molecular weight excluding hydrogens is 294 g/mol. The summed E-state index contributed by atoms with van der Waals surface area (Å²) < 4.78 is 5.41. The van der Waals surface area contributed by atoms with E-state index >= 15 is 0 Å². The quantitative estimate of drug-likeness (QED) is 0.926. The molecule has 1 aliphatic rings. The molecule has 5 nitrogen and oxygen atoms in total. The van der Waals surface area contributed by atoms with Crippen LogP contribution in [0.3, 0.4) is 0 Å². The van der Waals surface area contributed by atoms with Gasteiger partial charge in [0.1, 0.15) is 5.75 Å². The van der Waals surface area contributed by atoms with Gasteiger partial charge in [0.15, 0.2) is 6.61 Å². The Morgan fingerprint density at radius 2 is 2.19 bits per heavy atom. The summed E-state index contributed by atoms with van der Waals surface area (Å²) in [5.41, 5.74) is 0. The molecule has 0 radical (unpaired) electrons. The molecule has 0 aliphatic carbocycles. The number of amides is 1. The van der Waals surface area contributed by atoms with E-state index in [1.165, 1.54) is 0 Å². The molecular formula is C15H18ClNO4. The smallest absolute Gasteiger partial charge is 0.308 e. The molecule has 1 saturated heterocycles. The summed E-state index contributed by atoms with van der Waals surface area (Å²) >= 11 is 5.84. The van der Waals surface area contributed by atoms with Gasteiger partial charge in [-0.05, 0) is 30.5 Å². The molecule has 2 atom stereocenters. The number of aliphatic carboxylic acids is 1. The van der Waals surface area contributed by atoms with E-state index in [-0.39, 0.29) is 25.0 Å². The van der Waals surface area contributed by atoms with Gasteiger partial charge >= 0.3 is 5.97 Å². The zero-order chi connectivity index (χ0) is 15.4. The Morgan fingerprint density at radius 3 is 2.86 bits per heavy atom. The van der Waals surface area contributed by atoms with Crippen molar-refractivity contribution in [3.63, 3.8) is 0 Å². The van der Waals surface area contributed by atoms with Gasteiger partial charge in [-0.1, -0.05) is 24.6 Å². The van der Waals surface area contributed by atoms with Crippen molar-refractivity contribution in [2.75, 3.05) is 19.7 Å². The number of nitrogens with zero attached hydrogens (tertiary/aromatic N) is 1. The van der Waals surface area contributed by atoms with Gasteiger partial charge in [0.2, 0.25) is 0 Å². The number of carboxylic acids is 1. The third-order valence-electron chi connectivity index (χ3n) is 3.52. The average molecular weight is 312 g/mol. The Labute approximate surface area is 128 Å². The third kappa shape index (κ3) is 4.36. The predicted octanol–water partition coefficient (Wildman–Crippen LogP) is 2.29. The average Bonchev–Trinajstić information content (AvgIpc) is 2.44. The number of carbonyl (C=O) groups is 2. The van der Waals surface area contributed by atoms with Crippen molar-refractivity contribution in [1.29, 1.82) is 0 Å². The molecule has 1 aromatic rings. The lowest BCUT2D eigenvalue weighted by atomic mass is 9.90. The molecule has 2 rings (SSSR count). The fourth-order valence-corrected chi connectivity index (χ4v) is 2.71. The molecule has 21 heavy (non-hydrogen) atoms. The first-order valence-electron chi connectivity index (χ1n) is 6.84. The van der Waals surface area contributed by atoms with Gasteiger partial charge in [0, 0.05) is 18.1 Å². The second-order valence-electron chi connectivity index (χ2n) is 5.42. The minimum atomic E-state index is -0.852. The summed E-state index contributed by atoms with van der Waals surface area (Å²) in [6.45, 7) is 2.66. The summed E-state index contributed by atoms with van der Waals surface area (Å²) in [7, 11) is 0. The number of hydrogen-bond donors (Lipinski definition) is 1. The molecule has 0 spiro atoms. The molecule has 1 aromatic carbocycles. The van der Waals surface area contributed by atoms with Crippen molar-refractivity contribution in [1.82, 2.24) is 4.90 Å². The first-order chi connectivity index (χ1) is 9.95. The summed E-state index contributed by atoms with van der Waals surface area (Å²) in [6.07, 6.45) is 0.605. The van der Waals surface area contributed by atoms with E-state index in [2.05, 4.69) is 0 Å². The van der Waals surface area contributed by atoms with Crippen molar-refractivity contribution in [2.45, 2.75) is 13.3 Å². The molecule has 1 aliphatic heterocycles. The van der Waals surface area contributed by atoms with Crippen LogP contribution in [0.2, 0.25) is 5.02 Å². The zero-order valence-electron chi connectivity index (χ0n) is 11.8. The van der Waals surface area contributed by atoms with E-state index in [4.69, 9.17) is 21.4 Å². The third-order valence-corrected chi connectivity index (χ3v) is 3.76. The largest absolute Gasteiger partial charge is 0.484 e. The molecule has 0 saturated carbocycles. The van der Waals surface area contributed by atoms with E-state index in [1.54, 1.807) is 29.2 Å². The normalized spacial score (nSPS) is 21.9. The highest BCUT2D eigenvalue weighted by atomic mass is 35.5. The van der Waals surface area contributed by atoms with E-state index in [0.717, 1.165) is 0 Å². The van der Waals surface area contributed by atoms with E-state index < -0.39 is 11.9 Å². The molecule has 1 amide bonds. The van der Waals surface area contributed by atoms with Crippen LogP contribution >= 0.6 is 11.6 Å². The first kappa shape index (κ1) is 15.6. The standard InChI is InChI=1S/C15H18ClNO4/c1-10-5-11(15(19)20)8-17(7-10)14(18)9-21-13-4-2-3-12(16)6-13/h2-4,6,10-11H,5,7-9H2,1H3,(H,19,20). The number of hydrogen-bond acceptors (Lipinski definition) is 3. The van der Waals surface area contributed by atoms with Crippen LogP contribution < -0.4 is 4.74 Å². The Hall–Kier alpha value is -1.75. The predicted molar refractivity (Wildman–Crippen MR) is 78.4 cm³/mol. The number of halogens is 1. The van der Waals surface area contributed by atoms with Crippen LogP contribution in [0.4, 0.5) is 0 Å². The Kier molecular flexibility index (Phi) is 5.07. The minimum absolute atomic E-state index is 0.112. The van der Waals surface area contributed by atoms with E-state index in [1.807, 2.05) is 6.92 Å². The van der Waals surface area contributed by atoms with Crippen LogP contribution in [0.25, 0.3) is 0 Å². The van der Waals surface area contributed by atoms with Crippen molar-refractivity contribution in [3.8, 4) is 5.75 Å². The fourth-order valence-electron chi connectivity index (χ4n) is 2.53. The zero-order valence-corrected chi connectivity index (χ0v) is 12.5. The SMILES string of the molecule is CC1CC(C(=O)O)CN(C(=O)COc2cccc(Cl)c2)C1. The molecule has 114 valence electrons. The van der Waals surface area contributed by atoms with Gasteiger partial charge in [-0.3, -0.25) is 9.59 Å². The van der Waals surface area contributed by atoms with Crippen LogP contribution in [0, 0.1) is 11.8 Å². The van der Waals surface area contributed by atoms with Gasteiger partial charge in [-0.25, -0.2) is 0 Å². The Balaban J connectivity index is 1.92. The van der Waals surface area contributed by atoms with Crippen molar-refractivity contribution in [2.24, 2.45) is 11.8 Å². The van der Waals surface area contributed by atoms with Crippen molar-refractivity contribution >= 4 is 23.5 Å².